The highest BCUT2D eigenvalue weighted by Gasteiger charge is 2.06. The van der Waals surface area contributed by atoms with Crippen LogP contribution in [-0.4, -0.2) is 46.9 Å². The second-order valence-corrected chi connectivity index (χ2v) is 8.48. The normalized spacial score (nSPS) is 11.5. The lowest BCUT2D eigenvalue weighted by atomic mass is 10.1. The minimum absolute atomic E-state index is 0. The number of hydrogen-bond acceptors (Lipinski definition) is 4. The number of benzene rings is 2. The molecule has 0 radical (unpaired) electrons. The first kappa shape index (κ1) is 25.2. The van der Waals surface area contributed by atoms with E-state index in [9.17, 15) is 8.42 Å². The van der Waals surface area contributed by atoms with Crippen LogP contribution in [0.25, 0.3) is 0 Å². The SMILES string of the molecule is CCNC(=NCCc1ccc(S(C)(=O)=O)cc1)NCCOc1ccccc1C.I. The van der Waals surface area contributed by atoms with Gasteiger partial charge in [0.15, 0.2) is 15.8 Å². The average Bonchev–Trinajstić information content (AvgIpc) is 2.66. The fourth-order valence-corrected chi connectivity index (χ4v) is 3.22. The molecule has 8 heteroatoms. The number of para-hydroxylation sites is 1. The van der Waals surface area contributed by atoms with Crippen molar-refractivity contribution in [3.05, 3.63) is 59.7 Å². The number of sulfone groups is 1. The summed E-state index contributed by atoms with van der Waals surface area (Å²) in [6, 6.07) is 14.9. The first-order valence-electron chi connectivity index (χ1n) is 9.39. The van der Waals surface area contributed by atoms with Crippen molar-refractivity contribution in [2.75, 3.05) is 32.5 Å². The molecule has 2 N–H and O–H groups in total. The fourth-order valence-electron chi connectivity index (χ4n) is 2.59. The summed E-state index contributed by atoms with van der Waals surface area (Å²) in [5.41, 5.74) is 2.17. The van der Waals surface area contributed by atoms with Crippen LogP contribution in [0.4, 0.5) is 0 Å². The zero-order chi connectivity index (χ0) is 20.4. The second-order valence-electron chi connectivity index (χ2n) is 6.47. The second kappa shape index (κ2) is 12.7. The van der Waals surface area contributed by atoms with Gasteiger partial charge in [0.2, 0.25) is 0 Å². The number of aliphatic imine (C=N–C) groups is 1. The Morgan fingerprint density at radius 3 is 2.38 bits per heavy atom. The van der Waals surface area contributed by atoms with Crippen LogP contribution in [0.1, 0.15) is 18.1 Å². The van der Waals surface area contributed by atoms with Gasteiger partial charge in [0.05, 0.1) is 11.4 Å². The highest BCUT2D eigenvalue weighted by Crippen LogP contribution is 2.15. The van der Waals surface area contributed by atoms with E-state index in [2.05, 4.69) is 15.6 Å². The third-order valence-corrected chi connectivity index (χ3v) is 5.24. The molecular weight excluding hydrogens is 501 g/mol. The fraction of sp³-hybridized carbons (Fsp3) is 0.381. The van der Waals surface area contributed by atoms with Gasteiger partial charge >= 0.3 is 0 Å². The van der Waals surface area contributed by atoms with Crippen molar-refractivity contribution in [3.8, 4) is 5.75 Å². The van der Waals surface area contributed by atoms with Crippen LogP contribution >= 0.6 is 24.0 Å². The van der Waals surface area contributed by atoms with E-state index >= 15 is 0 Å². The molecule has 0 aromatic heterocycles. The number of aryl methyl sites for hydroxylation is 1. The molecule has 0 aliphatic carbocycles. The third kappa shape index (κ3) is 9.03. The zero-order valence-electron chi connectivity index (χ0n) is 17.1. The van der Waals surface area contributed by atoms with Gasteiger partial charge in [-0.1, -0.05) is 30.3 Å². The maximum atomic E-state index is 11.5. The van der Waals surface area contributed by atoms with E-state index < -0.39 is 9.84 Å². The Kier molecular flexibility index (Phi) is 11.0. The van der Waals surface area contributed by atoms with Crippen LogP contribution in [0.15, 0.2) is 58.4 Å². The van der Waals surface area contributed by atoms with Crippen LogP contribution in [0.2, 0.25) is 0 Å². The van der Waals surface area contributed by atoms with E-state index in [1.807, 2.05) is 50.2 Å². The molecule has 0 amide bonds. The molecule has 0 fully saturated rings. The first-order valence-corrected chi connectivity index (χ1v) is 11.3. The van der Waals surface area contributed by atoms with Crippen molar-refractivity contribution in [2.45, 2.75) is 25.2 Å². The molecule has 0 aliphatic rings. The van der Waals surface area contributed by atoms with Gasteiger partial charge in [0.25, 0.3) is 0 Å². The Bertz CT molecular complexity index is 884. The zero-order valence-corrected chi connectivity index (χ0v) is 20.3. The summed E-state index contributed by atoms with van der Waals surface area (Å²) >= 11 is 0. The van der Waals surface area contributed by atoms with E-state index in [1.165, 1.54) is 6.26 Å². The molecule has 2 rings (SSSR count). The monoisotopic (exact) mass is 531 g/mol. The van der Waals surface area contributed by atoms with Gasteiger partial charge in [0, 0.05) is 19.3 Å². The van der Waals surface area contributed by atoms with Crippen molar-refractivity contribution in [3.63, 3.8) is 0 Å². The molecule has 0 heterocycles. The van der Waals surface area contributed by atoms with E-state index in [0.29, 0.717) is 24.6 Å². The van der Waals surface area contributed by atoms with Crippen molar-refractivity contribution < 1.29 is 13.2 Å². The number of rotatable bonds is 9. The molecule has 0 atom stereocenters. The molecular formula is C21H30IN3O3S. The number of hydrogen-bond donors (Lipinski definition) is 2. The molecule has 6 nitrogen and oxygen atoms in total. The van der Waals surface area contributed by atoms with Crippen LogP contribution < -0.4 is 15.4 Å². The van der Waals surface area contributed by atoms with E-state index in [4.69, 9.17) is 4.74 Å². The molecule has 0 unspecified atom stereocenters. The Balaban J connectivity index is 0.00000420. The standard InChI is InChI=1S/C21H29N3O3S.HI/c1-4-22-21(24-15-16-27-20-8-6-5-7-17(20)2)23-14-13-18-9-11-19(12-10-18)28(3,25)26;/h5-12H,4,13-16H2,1-3H3,(H2,22,23,24);1H. The lowest BCUT2D eigenvalue weighted by Gasteiger charge is -2.13. The summed E-state index contributed by atoms with van der Waals surface area (Å²) in [5.74, 6) is 1.63. The van der Waals surface area contributed by atoms with Gasteiger partial charge in [-0.25, -0.2) is 8.42 Å². The van der Waals surface area contributed by atoms with Crippen LogP contribution in [0.5, 0.6) is 5.75 Å². The van der Waals surface area contributed by atoms with Crippen LogP contribution in [0.3, 0.4) is 0 Å². The van der Waals surface area contributed by atoms with E-state index in [1.54, 1.807) is 12.1 Å². The summed E-state index contributed by atoms with van der Waals surface area (Å²) in [4.78, 5) is 4.90. The minimum Gasteiger partial charge on any atom is -0.491 e. The highest BCUT2D eigenvalue weighted by atomic mass is 127. The van der Waals surface area contributed by atoms with Crippen LogP contribution in [0, 0.1) is 6.92 Å². The summed E-state index contributed by atoms with van der Waals surface area (Å²) in [6.07, 6.45) is 1.95. The van der Waals surface area contributed by atoms with Crippen molar-refractivity contribution in [1.82, 2.24) is 10.6 Å². The average molecular weight is 531 g/mol. The van der Waals surface area contributed by atoms with Gasteiger partial charge in [-0.05, 0) is 49.6 Å². The van der Waals surface area contributed by atoms with Gasteiger partial charge in [-0.15, -0.1) is 24.0 Å². The summed E-state index contributed by atoms with van der Waals surface area (Å²) in [7, 11) is -3.16. The molecule has 0 saturated carbocycles. The maximum Gasteiger partial charge on any atom is 0.191 e. The summed E-state index contributed by atoms with van der Waals surface area (Å²) in [5, 5.41) is 6.47. The van der Waals surface area contributed by atoms with Crippen molar-refractivity contribution >= 4 is 39.8 Å². The number of ether oxygens (including phenoxy) is 1. The number of guanidine groups is 1. The summed E-state index contributed by atoms with van der Waals surface area (Å²) < 4.78 is 28.8. The molecule has 0 bridgehead atoms. The molecule has 29 heavy (non-hydrogen) atoms. The number of nitrogens with zero attached hydrogens (tertiary/aromatic N) is 1. The van der Waals surface area contributed by atoms with Gasteiger partial charge in [-0.2, -0.15) is 0 Å². The Labute approximate surface area is 191 Å². The van der Waals surface area contributed by atoms with E-state index in [0.717, 1.165) is 35.8 Å². The third-order valence-electron chi connectivity index (χ3n) is 4.11. The molecule has 0 aliphatic heterocycles. The first-order chi connectivity index (χ1) is 13.4. The molecule has 0 spiro atoms. The van der Waals surface area contributed by atoms with E-state index in [-0.39, 0.29) is 24.0 Å². The Morgan fingerprint density at radius 2 is 1.76 bits per heavy atom. The smallest absolute Gasteiger partial charge is 0.191 e. The van der Waals surface area contributed by atoms with Gasteiger partial charge in [0.1, 0.15) is 12.4 Å². The van der Waals surface area contributed by atoms with Gasteiger partial charge < -0.3 is 15.4 Å². The van der Waals surface area contributed by atoms with Crippen molar-refractivity contribution in [1.29, 1.82) is 0 Å². The quantitative estimate of drug-likeness (QED) is 0.225. The number of nitrogens with one attached hydrogen (secondary N) is 2. The largest absolute Gasteiger partial charge is 0.491 e. The van der Waals surface area contributed by atoms with Crippen LogP contribution in [-0.2, 0) is 16.3 Å². The van der Waals surface area contributed by atoms with Crippen molar-refractivity contribution in [2.24, 2.45) is 4.99 Å². The molecule has 2 aromatic carbocycles. The number of halogens is 1. The molecule has 2 aromatic rings. The highest BCUT2D eigenvalue weighted by molar-refractivity contribution is 14.0. The lowest BCUT2D eigenvalue weighted by Crippen LogP contribution is -2.39. The lowest BCUT2D eigenvalue weighted by molar-refractivity contribution is 0.320. The minimum atomic E-state index is -3.16. The topological polar surface area (TPSA) is 79.8 Å². The Morgan fingerprint density at radius 1 is 1.07 bits per heavy atom. The molecule has 0 saturated heterocycles. The van der Waals surface area contributed by atoms with Gasteiger partial charge in [-0.3, -0.25) is 4.99 Å². The maximum absolute atomic E-state index is 11.5. The predicted octanol–water partition coefficient (Wildman–Crippen LogP) is 3.19. The predicted molar refractivity (Wildman–Crippen MR) is 129 cm³/mol. The molecule has 160 valence electrons. The Hall–Kier alpha value is -1.81. The summed E-state index contributed by atoms with van der Waals surface area (Å²) in [6.45, 7) is 6.60.